The Kier molecular flexibility index (Phi) is 3.70. The Bertz CT molecular complexity index is 439. The highest BCUT2D eigenvalue weighted by Gasteiger charge is 2.11. The first-order valence-corrected chi connectivity index (χ1v) is 6.32. The lowest BCUT2D eigenvalue weighted by atomic mass is 10.0. The maximum Gasteiger partial charge on any atom is 0.0965 e. The normalized spacial score (nSPS) is 12.6. The van der Waals surface area contributed by atoms with Crippen molar-refractivity contribution in [2.45, 2.75) is 25.9 Å². The molecule has 0 saturated heterocycles. The van der Waals surface area contributed by atoms with Gasteiger partial charge in [-0.05, 0) is 53.8 Å². The zero-order valence-corrected chi connectivity index (χ0v) is 10.1. The maximum absolute atomic E-state index is 10.0. The van der Waals surface area contributed by atoms with E-state index >= 15 is 0 Å². The van der Waals surface area contributed by atoms with E-state index in [4.69, 9.17) is 0 Å². The molecule has 2 aromatic heterocycles. The SMILES string of the molecule is Cc1cccnc1C(O)CCc1ccsc1. The molecule has 2 heterocycles. The molecule has 16 heavy (non-hydrogen) atoms. The Morgan fingerprint density at radius 1 is 1.44 bits per heavy atom. The summed E-state index contributed by atoms with van der Waals surface area (Å²) in [6, 6.07) is 5.98. The molecule has 2 nitrogen and oxygen atoms in total. The van der Waals surface area contributed by atoms with Crippen molar-refractivity contribution < 1.29 is 5.11 Å². The summed E-state index contributed by atoms with van der Waals surface area (Å²) in [5, 5.41) is 14.2. The molecule has 0 aliphatic heterocycles. The number of hydrogen-bond donors (Lipinski definition) is 1. The highest BCUT2D eigenvalue weighted by Crippen LogP contribution is 2.20. The van der Waals surface area contributed by atoms with Crippen LogP contribution in [0.3, 0.4) is 0 Å². The van der Waals surface area contributed by atoms with Gasteiger partial charge in [0, 0.05) is 6.20 Å². The van der Waals surface area contributed by atoms with Crippen LogP contribution in [0.4, 0.5) is 0 Å². The van der Waals surface area contributed by atoms with Gasteiger partial charge < -0.3 is 5.11 Å². The third kappa shape index (κ3) is 2.68. The first-order valence-electron chi connectivity index (χ1n) is 5.38. The first-order chi connectivity index (χ1) is 7.77. The van der Waals surface area contributed by atoms with Crippen LogP contribution in [0.2, 0.25) is 0 Å². The van der Waals surface area contributed by atoms with E-state index in [1.807, 2.05) is 19.1 Å². The van der Waals surface area contributed by atoms with Crippen LogP contribution in [0, 0.1) is 6.92 Å². The first kappa shape index (κ1) is 11.3. The van der Waals surface area contributed by atoms with Crippen molar-refractivity contribution in [3.63, 3.8) is 0 Å². The van der Waals surface area contributed by atoms with Crippen molar-refractivity contribution in [3.05, 3.63) is 52.0 Å². The third-order valence-corrected chi connectivity index (χ3v) is 3.38. The van der Waals surface area contributed by atoms with Crippen molar-refractivity contribution >= 4 is 11.3 Å². The van der Waals surface area contributed by atoms with Crippen LogP contribution in [0.5, 0.6) is 0 Å². The number of nitrogens with zero attached hydrogens (tertiary/aromatic N) is 1. The average Bonchev–Trinajstić information content (AvgIpc) is 2.79. The van der Waals surface area contributed by atoms with Gasteiger partial charge in [0.1, 0.15) is 0 Å². The molecule has 0 aromatic carbocycles. The number of thiophene rings is 1. The minimum atomic E-state index is -0.457. The number of hydrogen-bond acceptors (Lipinski definition) is 3. The molecule has 0 saturated carbocycles. The minimum absolute atomic E-state index is 0.457. The predicted octanol–water partition coefficient (Wildman–Crippen LogP) is 3.12. The summed E-state index contributed by atoms with van der Waals surface area (Å²) in [7, 11) is 0. The van der Waals surface area contributed by atoms with E-state index in [9.17, 15) is 5.11 Å². The Labute approximate surface area is 99.6 Å². The average molecular weight is 233 g/mol. The van der Waals surface area contributed by atoms with E-state index in [-0.39, 0.29) is 0 Å². The van der Waals surface area contributed by atoms with Gasteiger partial charge >= 0.3 is 0 Å². The smallest absolute Gasteiger partial charge is 0.0965 e. The van der Waals surface area contributed by atoms with Gasteiger partial charge in [0.25, 0.3) is 0 Å². The summed E-state index contributed by atoms with van der Waals surface area (Å²) in [5.41, 5.74) is 3.15. The molecule has 2 aromatic rings. The molecule has 0 fully saturated rings. The van der Waals surface area contributed by atoms with E-state index < -0.39 is 6.10 Å². The molecule has 0 aliphatic rings. The number of rotatable bonds is 4. The standard InChI is InChI=1S/C13H15NOS/c1-10-3-2-7-14-13(10)12(15)5-4-11-6-8-16-9-11/h2-3,6-9,12,15H,4-5H2,1H3. The number of aromatic nitrogens is 1. The van der Waals surface area contributed by atoms with Gasteiger partial charge in [-0.3, -0.25) is 4.98 Å². The van der Waals surface area contributed by atoms with E-state index in [1.54, 1.807) is 17.5 Å². The molecule has 3 heteroatoms. The largest absolute Gasteiger partial charge is 0.387 e. The van der Waals surface area contributed by atoms with E-state index in [2.05, 4.69) is 21.8 Å². The van der Waals surface area contributed by atoms with Gasteiger partial charge in [0.05, 0.1) is 11.8 Å². The molecule has 0 amide bonds. The Balaban J connectivity index is 1.98. The molecule has 84 valence electrons. The van der Waals surface area contributed by atoms with E-state index in [0.717, 1.165) is 24.1 Å². The lowest BCUT2D eigenvalue weighted by Crippen LogP contribution is -2.04. The van der Waals surface area contributed by atoms with Crippen molar-refractivity contribution in [2.75, 3.05) is 0 Å². The molecular formula is C13H15NOS. The second kappa shape index (κ2) is 5.23. The van der Waals surface area contributed by atoms with Crippen LogP contribution in [0.1, 0.15) is 29.3 Å². The van der Waals surface area contributed by atoms with Crippen LogP contribution in [-0.2, 0) is 6.42 Å². The van der Waals surface area contributed by atoms with Gasteiger partial charge in [0.2, 0.25) is 0 Å². The molecule has 1 unspecified atom stereocenters. The molecule has 1 N–H and O–H groups in total. The second-order valence-electron chi connectivity index (χ2n) is 3.89. The van der Waals surface area contributed by atoms with Gasteiger partial charge in [-0.1, -0.05) is 6.07 Å². The lowest BCUT2D eigenvalue weighted by molar-refractivity contribution is 0.162. The fourth-order valence-corrected chi connectivity index (χ4v) is 2.42. The van der Waals surface area contributed by atoms with Gasteiger partial charge in [-0.15, -0.1) is 0 Å². The Hall–Kier alpha value is -1.19. The van der Waals surface area contributed by atoms with Crippen LogP contribution in [0.25, 0.3) is 0 Å². The number of aliphatic hydroxyl groups excluding tert-OH is 1. The fraction of sp³-hybridized carbons (Fsp3) is 0.308. The Morgan fingerprint density at radius 2 is 2.31 bits per heavy atom. The molecule has 0 radical (unpaired) electrons. The molecule has 2 rings (SSSR count). The van der Waals surface area contributed by atoms with Crippen molar-refractivity contribution in [2.24, 2.45) is 0 Å². The summed E-state index contributed by atoms with van der Waals surface area (Å²) in [6.45, 7) is 1.98. The van der Waals surface area contributed by atoms with Crippen molar-refractivity contribution in [1.29, 1.82) is 0 Å². The van der Waals surface area contributed by atoms with Crippen LogP contribution < -0.4 is 0 Å². The van der Waals surface area contributed by atoms with Crippen LogP contribution >= 0.6 is 11.3 Å². The quantitative estimate of drug-likeness (QED) is 0.880. The number of pyridine rings is 1. The summed E-state index contributed by atoms with van der Waals surface area (Å²) in [6.07, 6.45) is 2.91. The summed E-state index contributed by atoms with van der Waals surface area (Å²) in [5.74, 6) is 0. The molecular weight excluding hydrogens is 218 g/mol. The van der Waals surface area contributed by atoms with Gasteiger partial charge in [0.15, 0.2) is 0 Å². The topological polar surface area (TPSA) is 33.1 Å². The fourth-order valence-electron chi connectivity index (χ4n) is 1.72. The Morgan fingerprint density at radius 3 is 3.00 bits per heavy atom. The van der Waals surface area contributed by atoms with Crippen molar-refractivity contribution in [1.82, 2.24) is 4.98 Å². The van der Waals surface area contributed by atoms with E-state index in [1.165, 1.54) is 5.56 Å². The van der Waals surface area contributed by atoms with Gasteiger partial charge in [-0.25, -0.2) is 0 Å². The van der Waals surface area contributed by atoms with Crippen LogP contribution in [-0.4, -0.2) is 10.1 Å². The predicted molar refractivity (Wildman–Crippen MR) is 66.6 cm³/mol. The minimum Gasteiger partial charge on any atom is -0.387 e. The van der Waals surface area contributed by atoms with Gasteiger partial charge in [-0.2, -0.15) is 11.3 Å². The number of aliphatic hydroxyl groups is 1. The summed E-state index contributed by atoms with van der Waals surface area (Å²) < 4.78 is 0. The lowest BCUT2D eigenvalue weighted by Gasteiger charge is -2.11. The highest BCUT2D eigenvalue weighted by molar-refractivity contribution is 7.07. The zero-order valence-electron chi connectivity index (χ0n) is 9.26. The molecule has 0 bridgehead atoms. The molecule has 0 aliphatic carbocycles. The number of aryl methyl sites for hydroxylation is 2. The van der Waals surface area contributed by atoms with Crippen molar-refractivity contribution in [3.8, 4) is 0 Å². The second-order valence-corrected chi connectivity index (χ2v) is 4.67. The molecule has 0 spiro atoms. The molecule has 1 atom stereocenters. The van der Waals surface area contributed by atoms with Crippen LogP contribution in [0.15, 0.2) is 35.2 Å². The summed E-state index contributed by atoms with van der Waals surface area (Å²) in [4.78, 5) is 4.23. The summed E-state index contributed by atoms with van der Waals surface area (Å²) >= 11 is 1.69. The van der Waals surface area contributed by atoms with E-state index in [0.29, 0.717) is 0 Å². The maximum atomic E-state index is 10.0. The monoisotopic (exact) mass is 233 g/mol. The third-order valence-electron chi connectivity index (χ3n) is 2.65. The highest BCUT2D eigenvalue weighted by atomic mass is 32.1. The zero-order chi connectivity index (χ0) is 11.4.